The van der Waals surface area contributed by atoms with Crippen LogP contribution in [-0.2, 0) is 4.79 Å². The molecule has 1 aromatic rings. The second-order valence-corrected chi connectivity index (χ2v) is 3.90. The summed E-state index contributed by atoms with van der Waals surface area (Å²) in [5, 5.41) is 4.65. The smallest absolute Gasteiger partial charge is 0.239 e. The Hall–Kier alpha value is -1.13. The summed E-state index contributed by atoms with van der Waals surface area (Å²) in [4.78, 5) is 15.0. The number of carbonyl (C=O) groups excluding carboxylic acids is 1. The van der Waals surface area contributed by atoms with Crippen molar-refractivity contribution in [2.24, 2.45) is 5.10 Å². The van der Waals surface area contributed by atoms with Crippen LogP contribution in [-0.4, -0.2) is 16.6 Å². The van der Waals surface area contributed by atoms with Crippen LogP contribution in [0.4, 0.5) is 0 Å². The molecule has 1 N–H and O–H groups in total. The Bertz CT molecular complexity index is 412. The number of amides is 1. The number of nitrogens with zero attached hydrogens (tertiary/aromatic N) is 2. The van der Waals surface area contributed by atoms with E-state index >= 15 is 0 Å². The van der Waals surface area contributed by atoms with Crippen LogP contribution in [0, 0.1) is 0 Å². The fraction of sp³-hybridized carbons (Fsp3) is 0.300. The van der Waals surface area contributed by atoms with Crippen molar-refractivity contribution in [3.63, 3.8) is 0 Å². The van der Waals surface area contributed by atoms with Gasteiger partial charge in [0.05, 0.1) is 11.4 Å². The van der Waals surface area contributed by atoms with E-state index in [-0.39, 0.29) is 5.91 Å². The van der Waals surface area contributed by atoms with Gasteiger partial charge < -0.3 is 0 Å². The molecule has 4 nitrogen and oxygen atoms in total. The van der Waals surface area contributed by atoms with Crippen LogP contribution in [0.3, 0.4) is 0 Å². The number of hydrogen-bond acceptors (Lipinski definition) is 3. The van der Waals surface area contributed by atoms with Gasteiger partial charge in [-0.05, 0) is 19.1 Å². The van der Waals surface area contributed by atoms with E-state index in [1.807, 2.05) is 0 Å². The first-order valence-corrected chi connectivity index (χ1v) is 5.45. The Morgan fingerprint density at radius 2 is 2.19 bits per heavy atom. The zero-order valence-electron chi connectivity index (χ0n) is 8.92. The monoisotopic (exact) mass is 259 g/mol. The summed E-state index contributed by atoms with van der Waals surface area (Å²) in [6.45, 7) is 3.46. The molecule has 16 heavy (non-hydrogen) atoms. The van der Waals surface area contributed by atoms with E-state index in [0.29, 0.717) is 28.0 Å². The number of halogens is 2. The number of pyridine rings is 1. The van der Waals surface area contributed by atoms with E-state index in [1.54, 1.807) is 19.9 Å². The fourth-order valence-corrected chi connectivity index (χ4v) is 1.40. The Morgan fingerprint density at radius 1 is 1.50 bits per heavy atom. The third kappa shape index (κ3) is 3.79. The predicted molar refractivity (Wildman–Crippen MR) is 64.9 cm³/mol. The molecule has 0 atom stereocenters. The van der Waals surface area contributed by atoms with E-state index in [1.165, 1.54) is 6.07 Å². The molecule has 6 heteroatoms. The third-order valence-corrected chi connectivity index (χ3v) is 2.21. The van der Waals surface area contributed by atoms with Gasteiger partial charge in [-0.2, -0.15) is 5.10 Å². The highest BCUT2D eigenvalue weighted by Crippen LogP contribution is 2.15. The van der Waals surface area contributed by atoms with Crippen LogP contribution < -0.4 is 5.43 Å². The van der Waals surface area contributed by atoms with Crippen molar-refractivity contribution in [1.29, 1.82) is 0 Å². The molecule has 1 heterocycles. The van der Waals surface area contributed by atoms with Gasteiger partial charge in [-0.3, -0.25) is 4.79 Å². The van der Waals surface area contributed by atoms with Crippen LogP contribution in [0.1, 0.15) is 26.0 Å². The predicted octanol–water partition coefficient (Wildman–Crippen LogP) is 2.64. The van der Waals surface area contributed by atoms with Crippen molar-refractivity contribution < 1.29 is 4.79 Å². The molecular weight excluding hydrogens is 249 g/mol. The van der Waals surface area contributed by atoms with Gasteiger partial charge in [-0.15, -0.1) is 0 Å². The lowest BCUT2D eigenvalue weighted by molar-refractivity contribution is -0.120. The highest BCUT2D eigenvalue weighted by atomic mass is 35.5. The molecule has 0 aliphatic carbocycles. The summed E-state index contributed by atoms with van der Waals surface area (Å²) in [5.74, 6) is -0.160. The number of hydrogen-bond donors (Lipinski definition) is 1. The van der Waals surface area contributed by atoms with Gasteiger partial charge >= 0.3 is 0 Å². The molecule has 0 aromatic carbocycles. The third-order valence-electron chi connectivity index (χ3n) is 1.80. The van der Waals surface area contributed by atoms with Crippen LogP contribution >= 0.6 is 23.2 Å². The molecule has 0 aliphatic heterocycles. The van der Waals surface area contributed by atoms with Crippen molar-refractivity contribution in [1.82, 2.24) is 10.4 Å². The average Bonchev–Trinajstić information content (AvgIpc) is 2.23. The SMILES string of the molecule is CCC(=O)N/N=C(\C)c1cc(Cl)cc(Cl)n1. The first-order chi connectivity index (χ1) is 7.52. The van der Waals surface area contributed by atoms with E-state index in [2.05, 4.69) is 15.5 Å². The van der Waals surface area contributed by atoms with E-state index in [9.17, 15) is 4.79 Å². The minimum absolute atomic E-state index is 0.160. The van der Waals surface area contributed by atoms with Gasteiger partial charge in [0.1, 0.15) is 5.15 Å². The standard InChI is InChI=1S/C10H11Cl2N3O/c1-3-10(16)15-14-6(2)8-4-7(11)5-9(12)13-8/h4-5H,3H2,1-2H3,(H,15,16)/b14-6+. The maximum atomic E-state index is 11.0. The van der Waals surface area contributed by atoms with Crippen molar-refractivity contribution in [2.45, 2.75) is 20.3 Å². The summed E-state index contributed by atoms with van der Waals surface area (Å²) in [6, 6.07) is 3.16. The first kappa shape index (κ1) is 12.9. The molecule has 1 rings (SSSR count). The summed E-state index contributed by atoms with van der Waals surface area (Å²) in [6.07, 6.45) is 0.376. The van der Waals surface area contributed by atoms with Crippen LogP contribution in [0.2, 0.25) is 10.2 Å². The Kier molecular flexibility index (Phi) is 4.71. The van der Waals surface area contributed by atoms with E-state index in [0.717, 1.165) is 0 Å². The molecule has 1 aromatic heterocycles. The number of aromatic nitrogens is 1. The highest BCUT2D eigenvalue weighted by molar-refractivity contribution is 6.34. The number of nitrogens with one attached hydrogen (secondary N) is 1. The minimum atomic E-state index is -0.160. The van der Waals surface area contributed by atoms with Crippen molar-refractivity contribution >= 4 is 34.8 Å². The number of hydrazone groups is 1. The van der Waals surface area contributed by atoms with Crippen molar-refractivity contribution in [2.75, 3.05) is 0 Å². The largest absolute Gasteiger partial charge is 0.273 e. The molecule has 0 saturated heterocycles. The average molecular weight is 260 g/mol. The van der Waals surface area contributed by atoms with E-state index < -0.39 is 0 Å². The Morgan fingerprint density at radius 3 is 2.75 bits per heavy atom. The summed E-state index contributed by atoms with van der Waals surface area (Å²) < 4.78 is 0. The maximum absolute atomic E-state index is 11.0. The second-order valence-electron chi connectivity index (χ2n) is 3.08. The first-order valence-electron chi connectivity index (χ1n) is 4.69. The normalized spacial score (nSPS) is 11.4. The van der Waals surface area contributed by atoms with Crippen LogP contribution in [0.5, 0.6) is 0 Å². The highest BCUT2D eigenvalue weighted by Gasteiger charge is 2.04. The van der Waals surface area contributed by atoms with Gasteiger partial charge in [0.25, 0.3) is 0 Å². The quantitative estimate of drug-likeness (QED) is 0.516. The number of carbonyl (C=O) groups is 1. The summed E-state index contributed by atoms with van der Waals surface area (Å²) in [5.41, 5.74) is 3.48. The van der Waals surface area contributed by atoms with E-state index in [4.69, 9.17) is 23.2 Å². The lowest BCUT2D eigenvalue weighted by atomic mass is 10.2. The number of rotatable bonds is 3. The lowest BCUT2D eigenvalue weighted by Gasteiger charge is -2.02. The summed E-state index contributed by atoms with van der Waals surface area (Å²) >= 11 is 11.6. The molecule has 86 valence electrons. The van der Waals surface area contributed by atoms with Gasteiger partial charge in [-0.1, -0.05) is 30.1 Å². The zero-order chi connectivity index (χ0) is 12.1. The molecule has 0 fully saturated rings. The molecule has 0 unspecified atom stereocenters. The molecule has 0 spiro atoms. The fourth-order valence-electron chi connectivity index (χ4n) is 0.934. The zero-order valence-corrected chi connectivity index (χ0v) is 10.4. The van der Waals surface area contributed by atoms with Crippen molar-refractivity contribution in [3.8, 4) is 0 Å². The van der Waals surface area contributed by atoms with Gasteiger partial charge in [0.15, 0.2) is 0 Å². The van der Waals surface area contributed by atoms with Crippen LogP contribution in [0.25, 0.3) is 0 Å². The molecule has 0 bridgehead atoms. The molecule has 0 radical (unpaired) electrons. The molecule has 1 amide bonds. The Balaban J connectivity index is 2.87. The molecule has 0 saturated carbocycles. The topological polar surface area (TPSA) is 54.4 Å². The maximum Gasteiger partial charge on any atom is 0.239 e. The van der Waals surface area contributed by atoms with Gasteiger partial charge in [0, 0.05) is 11.4 Å². The second kappa shape index (κ2) is 5.82. The molecule has 0 aliphatic rings. The van der Waals surface area contributed by atoms with Crippen LogP contribution in [0.15, 0.2) is 17.2 Å². The van der Waals surface area contributed by atoms with Crippen molar-refractivity contribution in [3.05, 3.63) is 28.0 Å². The summed E-state index contributed by atoms with van der Waals surface area (Å²) in [7, 11) is 0. The lowest BCUT2D eigenvalue weighted by Crippen LogP contribution is -2.18. The van der Waals surface area contributed by atoms with Gasteiger partial charge in [-0.25, -0.2) is 10.4 Å². The minimum Gasteiger partial charge on any atom is -0.273 e. The molecular formula is C10H11Cl2N3O. The van der Waals surface area contributed by atoms with Gasteiger partial charge in [0.2, 0.25) is 5.91 Å². The Labute approximate surface area is 104 Å².